The minimum Gasteiger partial charge on any atom is -0.481 e. The first-order valence-electron chi connectivity index (χ1n) is 4.27. The summed E-state index contributed by atoms with van der Waals surface area (Å²) in [6.07, 6.45) is 0.0660. The molecular weight excluding hydrogens is 186 g/mol. The maximum absolute atomic E-state index is 10.9. The van der Waals surface area contributed by atoms with Gasteiger partial charge in [-0.05, 0) is 20.3 Å². The van der Waals surface area contributed by atoms with Gasteiger partial charge >= 0.3 is 11.9 Å². The normalized spacial score (nSPS) is 27.0. The minimum absolute atomic E-state index is 0.0660. The largest absolute Gasteiger partial charge is 0.481 e. The smallest absolute Gasteiger partial charge is 0.333 e. The fourth-order valence-electron chi connectivity index (χ4n) is 1.41. The Labute approximate surface area is 81.4 Å². The highest BCUT2D eigenvalue weighted by Crippen LogP contribution is 2.30. The maximum atomic E-state index is 10.9. The summed E-state index contributed by atoms with van der Waals surface area (Å²) in [5, 5.41) is 20.6. The summed E-state index contributed by atoms with van der Waals surface area (Å²) in [4.78, 5) is 21.7. The van der Waals surface area contributed by atoms with Crippen LogP contribution in [0, 0.1) is 5.41 Å². The lowest BCUT2D eigenvalue weighted by atomic mass is 9.80. The quantitative estimate of drug-likeness (QED) is 0.600. The first-order chi connectivity index (χ1) is 6.37. The molecule has 0 aromatic rings. The van der Waals surface area contributed by atoms with Crippen LogP contribution in [-0.2, 0) is 9.59 Å². The van der Waals surface area contributed by atoms with E-state index in [4.69, 9.17) is 10.2 Å². The lowest BCUT2D eigenvalue weighted by Crippen LogP contribution is -2.43. The molecule has 5 heteroatoms. The first kappa shape index (κ1) is 10.6. The van der Waals surface area contributed by atoms with Crippen molar-refractivity contribution in [3.63, 3.8) is 0 Å². The Hall–Kier alpha value is -1.52. The number of carboxylic acids is 2. The molecule has 0 radical (unpaired) electrons. The van der Waals surface area contributed by atoms with Crippen LogP contribution in [0.2, 0.25) is 0 Å². The number of allylic oxidation sites excluding steroid dienone is 1. The van der Waals surface area contributed by atoms with Crippen molar-refractivity contribution in [3.05, 3.63) is 11.3 Å². The van der Waals surface area contributed by atoms with Crippen molar-refractivity contribution in [2.75, 3.05) is 6.54 Å². The van der Waals surface area contributed by atoms with Crippen LogP contribution in [-0.4, -0.2) is 28.7 Å². The summed E-state index contributed by atoms with van der Waals surface area (Å²) in [6.45, 7) is 3.45. The second-order valence-corrected chi connectivity index (χ2v) is 3.80. The third-order valence-electron chi connectivity index (χ3n) is 2.54. The predicted octanol–water partition coefficient (Wildman–Crippen LogP) is 0.429. The van der Waals surface area contributed by atoms with Crippen molar-refractivity contribution < 1.29 is 19.8 Å². The molecule has 0 saturated carbocycles. The van der Waals surface area contributed by atoms with Crippen LogP contribution < -0.4 is 5.32 Å². The van der Waals surface area contributed by atoms with E-state index in [9.17, 15) is 9.59 Å². The zero-order chi connectivity index (χ0) is 10.9. The van der Waals surface area contributed by atoms with Crippen LogP contribution in [0.3, 0.4) is 0 Å². The van der Waals surface area contributed by atoms with E-state index in [1.165, 1.54) is 6.92 Å². The van der Waals surface area contributed by atoms with E-state index in [-0.39, 0.29) is 18.5 Å². The SMILES string of the molecule is CC1=C(C(=O)O)CC(C)(C(=O)O)CN1. The van der Waals surface area contributed by atoms with Crippen LogP contribution in [0.1, 0.15) is 20.3 Å². The Bertz CT molecular complexity index is 321. The van der Waals surface area contributed by atoms with E-state index in [1.807, 2.05) is 0 Å². The number of hydrogen-bond donors (Lipinski definition) is 3. The zero-order valence-corrected chi connectivity index (χ0v) is 8.13. The van der Waals surface area contributed by atoms with Gasteiger partial charge in [0.05, 0.1) is 11.0 Å². The topological polar surface area (TPSA) is 86.6 Å². The van der Waals surface area contributed by atoms with Crippen LogP contribution in [0.4, 0.5) is 0 Å². The van der Waals surface area contributed by atoms with Crippen molar-refractivity contribution in [2.24, 2.45) is 5.41 Å². The van der Waals surface area contributed by atoms with E-state index >= 15 is 0 Å². The number of rotatable bonds is 2. The van der Waals surface area contributed by atoms with E-state index in [2.05, 4.69) is 5.32 Å². The third-order valence-corrected chi connectivity index (χ3v) is 2.54. The average molecular weight is 199 g/mol. The summed E-state index contributed by atoms with van der Waals surface area (Å²) in [5.41, 5.74) is -0.315. The molecule has 1 rings (SSSR count). The Morgan fingerprint density at radius 2 is 2.00 bits per heavy atom. The molecular formula is C9H13NO4. The van der Waals surface area contributed by atoms with Gasteiger partial charge in [-0.2, -0.15) is 0 Å². The molecule has 1 heterocycles. The summed E-state index contributed by atoms with van der Waals surface area (Å²) in [6, 6.07) is 0. The van der Waals surface area contributed by atoms with E-state index < -0.39 is 17.4 Å². The molecule has 14 heavy (non-hydrogen) atoms. The van der Waals surface area contributed by atoms with E-state index in [1.54, 1.807) is 6.92 Å². The molecule has 1 unspecified atom stereocenters. The van der Waals surface area contributed by atoms with Crippen molar-refractivity contribution in [3.8, 4) is 0 Å². The molecule has 1 aliphatic rings. The van der Waals surface area contributed by atoms with Crippen LogP contribution in [0.15, 0.2) is 11.3 Å². The molecule has 0 bridgehead atoms. The van der Waals surface area contributed by atoms with E-state index in [0.717, 1.165) is 0 Å². The van der Waals surface area contributed by atoms with Crippen molar-refractivity contribution in [1.82, 2.24) is 5.32 Å². The van der Waals surface area contributed by atoms with Gasteiger partial charge in [0, 0.05) is 12.2 Å². The second kappa shape index (κ2) is 3.32. The minimum atomic E-state index is -1.05. The Balaban J connectivity index is 2.98. The zero-order valence-electron chi connectivity index (χ0n) is 8.13. The third kappa shape index (κ3) is 1.71. The molecule has 1 atom stereocenters. The standard InChI is InChI=1S/C9H13NO4/c1-5-6(7(11)12)3-9(2,4-10-5)8(13)14/h10H,3-4H2,1-2H3,(H,11,12)(H,13,14). The molecule has 3 N–H and O–H groups in total. The first-order valence-corrected chi connectivity index (χ1v) is 4.27. The van der Waals surface area contributed by atoms with Crippen molar-refractivity contribution >= 4 is 11.9 Å². The van der Waals surface area contributed by atoms with Crippen molar-refractivity contribution in [2.45, 2.75) is 20.3 Å². The monoisotopic (exact) mass is 199 g/mol. The van der Waals surface area contributed by atoms with Gasteiger partial charge in [0.2, 0.25) is 0 Å². The highest BCUT2D eigenvalue weighted by atomic mass is 16.4. The Kier molecular flexibility index (Phi) is 2.51. The fourth-order valence-corrected chi connectivity index (χ4v) is 1.41. The number of carbonyl (C=O) groups is 2. The van der Waals surface area contributed by atoms with Crippen LogP contribution >= 0.6 is 0 Å². The molecule has 0 amide bonds. The second-order valence-electron chi connectivity index (χ2n) is 3.80. The van der Waals surface area contributed by atoms with Gasteiger partial charge in [-0.3, -0.25) is 4.79 Å². The Morgan fingerprint density at radius 3 is 2.43 bits per heavy atom. The van der Waals surface area contributed by atoms with Crippen LogP contribution in [0.25, 0.3) is 0 Å². The molecule has 0 saturated heterocycles. The number of aliphatic carboxylic acids is 2. The molecule has 0 fully saturated rings. The highest BCUT2D eigenvalue weighted by molar-refractivity contribution is 5.89. The van der Waals surface area contributed by atoms with E-state index in [0.29, 0.717) is 5.70 Å². The predicted molar refractivity (Wildman–Crippen MR) is 48.7 cm³/mol. The van der Waals surface area contributed by atoms with Gasteiger partial charge in [-0.15, -0.1) is 0 Å². The number of carboxylic acid groups (broad SMARTS) is 2. The average Bonchev–Trinajstić information content (AvgIpc) is 2.09. The summed E-state index contributed by atoms with van der Waals surface area (Å²) in [7, 11) is 0. The van der Waals surface area contributed by atoms with Crippen molar-refractivity contribution in [1.29, 1.82) is 0 Å². The molecule has 0 aliphatic carbocycles. The van der Waals surface area contributed by atoms with Gasteiger partial charge in [0.1, 0.15) is 0 Å². The fraction of sp³-hybridized carbons (Fsp3) is 0.556. The lowest BCUT2D eigenvalue weighted by molar-refractivity contribution is -0.148. The van der Waals surface area contributed by atoms with Gasteiger partial charge in [0.15, 0.2) is 0 Å². The summed E-state index contributed by atoms with van der Waals surface area (Å²) >= 11 is 0. The van der Waals surface area contributed by atoms with Gasteiger partial charge in [-0.25, -0.2) is 4.79 Å². The molecule has 0 aromatic carbocycles. The summed E-state index contributed by atoms with van der Waals surface area (Å²) < 4.78 is 0. The number of nitrogens with one attached hydrogen (secondary N) is 1. The molecule has 1 aliphatic heterocycles. The Morgan fingerprint density at radius 1 is 1.43 bits per heavy atom. The lowest BCUT2D eigenvalue weighted by Gasteiger charge is -2.31. The number of hydrogen-bond acceptors (Lipinski definition) is 3. The molecule has 5 nitrogen and oxygen atoms in total. The maximum Gasteiger partial charge on any atom is 0.333 e. The van der Waals surface area contributed by atoms with Gasteiger partial charge in [0.25, 0.3) is 0 Å². The highest BCUT2D eigenvalue weighted by Gasteiger charge is 2.39. The van der Waals surface area contributed by atoms with Crippen LogP contribution in [0.5, 0.6) is 0 Å². The van der Waals surface area contributed by atoms with Gasteiger partial charge in [-0.1, -0.05) is 0 Å². The molecule has 78 valence electrons. The molecule has 0 spiro atoms. The molecule has 0 aromatic heterocycles. The van der Waals surface area contributed by atoms with Gasteiger partial charge < -0.3 is 15.5 Å². The summed E-state index contributed by atoms with van der Waals surface area (Å²) in [5.74, 6) is -2.03.